The van der Waals surface area contributed by atoms with Crippen LogP contribution in [-0.2, 0) is 12.1 Å². The van der Waals surface area contributed by atoms with Crippen LogP contribution < -0.4 is 0 Å². The first kappa shape index (κ1) is 13.9. The van der Waals surface area contributed by atoms with Crippen molar-refractivity contribution < 1.29 is 22.0 Å². The van der Waals surface area contributed by atoms with Crippen molar-refractivity contribution in [1.82, 2.24) is 4.98 Å². The summed E-state index contributed by atoms with van der Waals surface area (Å²) < 4.78 is 61.6. The topological polar surface area (TPSA) is 12.9 Å². The van der Waals surface area contributed by atoms with Gasteiger partial charge in [0.05, 0.1) is 5.56 Å². The largest absolute Gasteiger partial charge is 0.433 e. The number of halogens is 7. The van der Waals surface area contributed by atoms with Crippen molar-refractivity contribution in [3.63, 3.8) is 0 Å². The van der Waals surface area contributed by atoms with Gasteiger partial charge >= 0.3 is 6.18 Å². The first-order chi connectivity index (χ1) is 7.27. The van der Waals surface area contributed by atoms with Crippen LogP contribution in [0.1, 0.15) is 23.2 Å². The third kappa shape index (κ3) is 2.93. The number of rotatable bonds is 2. The van der Waals surface area contributed by atoms with Crippen LogP contribution in [-0.4, -0.2) is 4.98 Å². The molecular formula is C8H4ClF5IN. The molecule has 1 nitrogen and oxygen atoms in total. The van der Waals surface area contributed by atoms with Crippen LogP contribution >= 0.6 is 34.2 Å². The van der Waals surface area contributed by atoms with Crippen LogP contribution in [0.5, 0.6) is 0 Å². The van der Waals surface area contributed by atoms with Gasteiger partial charge in [0.1, 0.15) is 9.39 Å². The monoisotopic (exact) mass is 371 g/mol. The van der Waals surface area contributed by atoms with Gasteiger partial charge < -0.3 is 0 Å². The minimum absolute atomic E-state index is 0.247. The minimum atomic E-state index is -4.67. The lowest BCUT2D eigenvalue weighted by Gasteiger charge is -2.12. The highest BCUT2D eigenvalue weighted by atomic mass is 127. The molecule has 0 saturated heterocycles. The molecule has 0 aliphatic carbocycles. The van der Waals surface area contributed by atoms with Gasteiger partial charge in [0.2, 0.25) is 0 Å². The van der Waals surface area contributed by atoms with Gasteiger partial charge in [-0.2, -0.15) is 13.2 Å². The Morgan fingerprint density at radius 1 is 1.38 bits per heavy atom. The average Bonchev–Trinajstić information content (AvgIpc) is 2.14. The van der Waals surface area contributed by atoms with E-state index >= 15 is 0 Å². The molecule has 0 radical (unpaired) electrons. The fraction of sp³-hybridized carbons (Fsp3) is 0.375. The van der Waals surface area contributed by atoms with E-state index in [1.165, 1.54) is 22.6 Å². The fourth-order valence-corrected chi connectivity index (χ4v) is 2.12. The van der Waals surface area contributed by atoms with E-state index in [0.717, 1.165) is 0 Å². The maximum Gasteiger partial charge on any atom is 0.433 e. The van der Waals surface area contributed by atoms with Gasteiger partial charge in [-0.3, -0.25) is 0 Å². The quantitative estimate of drug-likeness (QED) is 0.325. The Balaban J connectivity index is 3.38. The second-order valence-corrected chi connectivity index (χ2v) is 4.09. The molecule has 8 heteroatoms. The van der Waals surface area contributed by atoms with Crippen molar-refractivity contribution in [2.45, 2.75) is 18.5 Å². The predicted octanol–water partition coefficient (Wildman–Crippen LogP) is 4.38. The van der Waals surface area contributed by atoms with Gasteiger partial charge in [-0.25, -0.2) is 13.8 Å². The van der Waals surface area contributed by atoms with Crippen LogP contribution in [0.3, 0.4) is 0 Å². The van der Waals surface area contributed by atoms with E-state index in [2.05, 4.69) is 4.98 Å². The van der Waals surface area contributed by atoms with Crippen LogP contribution in [0.2, 0.25) is 0 Å². The smallest absolute Gasteiger partial charge is 0.237 e. The van der Waals surface area contributed by atoms with Crippen LogP contribution in [0, 0.1) is 3.70 Å². The van der Waals surface area contributed by atoms with Crippen LogP contribution in [0.25, 0.3) is 0 Å². The number of pyridine rings is 1. The minimum Gasteiger partial charge on any atom is -0.237 e. The molecule has 1 aromatic rings. The van der Waals surface area contributed by atoms with Crippen molar-refractivity contribution in [2.75, 3.05) is 0 Å². The Labute approximate surface area is 106 Å². The Bertz CT molecular complexity index is 393. The molecule has 0 aliphatic rings. The average molecular weight is 371 g/mol. The van der Waals surface area contributed by atoms with Crippen molar-refractivity contribution in [2.24, 2.45) is 0 Å². The summed E-state index contributed by atoms with van der Waals surface area (Å²) in [5.74, 6) is -0.415. The zero-order chi connectivity index (χ0) is 12.5. The molecule has 0 bridgehead atoms. The lowest BCUT2D eigenvalue weighted by molar-refractivity contribution is -0.141. The van der Waals surface area contributed by atoms with E-state index < -0.39 is 29.7 Å². The van der Waals surface area contributed by atoms with E-state index in [1.54, 1.807) is 0 Å². The molecule has 16 heavy (non-hydrogen) atoms. The van der Waals surface area contributed by atoms with E-state index in [-0.39, 0.29) is 9.26 Å². The summed E-state index contributed by atoms with van der Waals surface area (Å²) in [6, 6.07) is 0.552. The van der Waals surface area contributed by atoms with Gasteiger partial charge in [0.25, 0.3) is 6.43 Å². The predicted molar refractivity (Wildman–Crippen MR) is 56.5 cm³/mol. The molecule has 1 aromatic heterocycles. The molecule has 0 fully saturated rings. The number of aromatic nitrogens is 1. The normalized spacial score (nSPS) is 12.2. The lowest BCUT2D eigenvalue weighted by atomic mass is 10.1. The first-order valence-corrected chi connectivity index (χ1v) is 5.49. The number of hydrogen-bond donors (Lipinski definition) is 0. The van der Waals surface area contributed by atoms with E-state index in [1.807, 2.05) is 0 Å². The zero-order valence-electron chi connectivity index (χ0n) is 7.45. The maximum absolute atomic E-state index is 12.5. The second kappa shape index (κ2) is 4.99. The lowest BCUT2D eigenvalue weighted by Crippen LogP contribution is -2.12. The molecule has 1 rings (SSSR count). The molecule has 1 heterocycles. The highest BCUT2D eigenvalue weighted by Gasteiger charge is 2.34. The molecule has 90 valence electrons. The summed E-state index contributed by atoms with van der Waals surface area (Å²) in [5.41, 5.74) is -2.00. The van der Waals surface area contributed by atoms with Gasteiger partial charge in [0, 0.05) is 5.88 Å². The van der Waals surface area contributed by atoms with Crippen molar-refractivity contribution >= 4 is 34.2 Å². The molecule has 0 unspecified atom stereocenters. The zero-order valence-corrected chi connectivity index (χ0v) is 10.4. The van der Waals surface area contributed by atoms with Gasteiger partial charge in [-0.15, -0.1) is 11.6 Å². The summed E-state index contributed by atoms with van der Waals surface area (Å²) in [4.78, 5) is 3.10. The van der Waals surface area contributed by atoms with Crippen LogP contribution in [0.4, 0.5) is 22.0 Å². The van der Waals surface area contributed by atoms with Gasteiger partial charge in [-0.1, -0.05) is 0 Å². The Morgan fingerprint density at radius 2 is 1.94 bits per heavy atom. The maximum atomic E-state index is 12.5. The van der Waals surface area contributed by atoms with Gasteiger partial charge in [0.15, 0.2) is 0 Å². The molecular weight excluding hydrogens is 367 g/mol. The highest BCUT2D eigenvalue weighted by molar-refractivity contribution is 14.1. The standard InChI is InChI=1S/C8H4ClF5IN/c9-2-3-1-4(8(12,13)14)16-7(15)5(3)6(10)11/h1,6H,2H2. The Kier molecular flexibility index (Phi) is 4.33. The summed E-state index contributed by atoms with van der Waals surface area (Å²) in [6.07, 6.45) is -7.56. The third-order valence-corrected chi connectivity index (χ3v) is 2.86. The Morgan fingerprint density at radius 3 is 2.31 bits per heavy atom. The van der Waals surface area contributed by atoms with Crippen molar-refractivity contribution in [3.8, 4) is 0 Å². The molecule has 0 spiro atoms. The van der Waals surface area contributed by atoms with Crippen molar-refractivity contribution in [3.05, 3.63) is 26.6 Å². The number of hydrogen-bond acceptors (Lipinski definition) is 1. The van der Waals surface area contributed by atoms with Crippen molar-refractivity contribution in [1.29, 1.82) is 0 Å². The summed E-state index contributed by atoms with van der Waals surface area (Å²) in [6.45, 7) is 0. The van der Waals surface area contributed by atoms with E-state index in [0.29, 0.717) is 6.07 Å². The van der Waals surface area contributed by atoms with E-state index in [4.69, 9.17) is 11.6 Å². The summed E-state index contributed by atoms with van der Waals surface area (Å²) in [5, 5.41) is 0. The summed E-state index contributed by atoms with van der Waals surface area (Å²) in [7, 11) is 0. The van der Waals surface area contributed by atoms with E-state index in [9.17, 15) is 22.0 Å². The first-order valence-electron chi connectivity index (χ1n) is 3.88. The van der Waals surface area contributed by atoms with Gasteiger partial charge in [-0.05, 0) is 34.2 Å². The Hall–Kier alpha value is -0.180. The number of nitrogens with zero attached hydrogens (tertiary/aromatic N) is 1. The SMILES string of the molecule is FC(F)c1c(CCl)cc(C(F)(F)F)nc1I. The summed E-state index contributed by atoms with van der Waals surface area (Å²) >= 11 is 6.68. The molecule has 0 atom stereocenters. The van der Waals surface area contributed by atoms with Crippen LogP contribution in [0.15, 0.2) is 6.07 Å². The number of alkyl halides is 6. The molecule has 0 aromatic carbocycles. The second-order valence-electron chi connectivity index (χ2n) is 2.80. The third-order valence-electron chi connectivity index (χ3n) is 1.75. The highest BCUT2D eigenvalue weighted by Crippen LogP contribution is 2.34. The molecule has 0 aliphatic heterocycles. The molecule has 0 saturated carbocycles. The molecule has 0 N–H and O–H groups in total. The fourth-order valence-electron chi connectivity index (χ4n) is 1.06. The molecule has 0 amide bonds.